The van der Waals surface area contributed by atoms with Gasteiger partial charge in [-0.2, -0.15) is 18.3 Å². The Hall–Kier alpha value is -2.68. The van der Waals surface area contributed by atoms with Crippen LogP contribution in [0.4, 0.5) is 13.2 Å². The van der Waals surface area contributed by atoms with Crippen LogP contribution in [0.25, 0.3) is 16.4 Å². The maximum atomic E-state index is 13.2. The van der Waals surface area contributed by atoms with E-state index < -0.39 is 23.5 Å². The van der Waals surface area contributed by atoms with E-state index in [4.69, 9.17) is 0 Å². The number of alkyl halides is 3. The van der Waals surface area contributed by atoms with Gasteiger partial charge in [-0.1, -0.05) is 30.3 Å². The largest absolute Gasteiger partial charge is 0.543 e. The number of thiazole rings is 1. The highest BCUT2D eigenvalue weighted by atomic mass is 32.1. The molecule has 3 aromatic rings. The summed E-state index contributed by atoms with van der Waals surface area (Å²) in [5.74, 6) is -1.56. The third-order valence-corrected chi connectivity index (χ3v) is 3.77. The lowest BCUT2D eigenvalue weighted by Crippen LogP contribution is -2.22. The number of benzene rings is 1. The number of carbonyl (C=O) groups is 1. The Bertz CT molecular complexity index is 856. The van der Waals surface area contributed by atoms with Crippen LogP contribution in [0.2, 0.25) is 0 Å². The van der Waals surface area contributed by atoms with Crippen molar-refractivity contribution in [1.82, 2.24) is 14.8 Å². The lowest BCUT2D eigenvalue weighted by atomic mass is 10.1. The van der Waals surface area contributed by atoms with Crippen LogP contribution in [0, 0.1) is 0 Å². The molecule has 0 aliphatic carbocycles. The molecule has 118 valence electrons. The van der Waals surface area contributed by atoms with Crippen molar-refractivity contribution in [3.63, 3.8) is 0 Å². The second-order valence-corrected chi connectivity index (χ2v) is 5.33. The van der Waals surface area contributed by atoms with Crippen LogP contribution in [0.1, 0.15) is 16.2 Å². The fraction of sp³-hybridized carbons (Fsp3) is 0.0714. The van der Waals surface area contributed by atoms with Crippen LogP contribution in [-0.2, 0) is 6.18 Å². The number of halogens is 3. The molecule has 0 saturated heterocycles. The van der Waals surface area contributed by atoms with E-state index in [0.29, 0.717) is 10.2 Å². The van der Waals surface area contributed by atoms with Crippen molar-refractivity contribution in [1.29, 1.82) is 0 Å². The van der Waals surface area contributed by atoms with Crippen molar-refractivity contribution in [3.8, 4) is 16.4 Å². The van der Waals surface area contributed by atoms with Gasteiger partial charge < -0.3 is 9.90 Å². The van der Waals surface area contributed by atoms with Crippen molar-refractivity contribution in [2.24, 2.45) is 0 Å². The number of nitrogens with zero attached hydrogens (tertiary/aromatic N) is 3. The van der Waals surface area contributed by atoms with Gasteiger partial charge in [0, 0.05) is 10.9 Å². The summed E-state index contributed by atoms with van der Waals surface area (Å²) < 4.78 is 40.2. The monoisotopic (exact) mass is 338 g/mol. The van der Waals surface area contributed by atoms with Gasteiger partial charge in [0.2, 0.25) is 5.13 Å². The zero-order valence-corrected chi connectivity index (χ0v) is 12.1. The first kappa shape index (κ1) is 15.2. The number of hydrogen-bond donors (Lipinski definition) is 0. The number of carboxylic acid groups (broad SMARTS) is 1. The summed E-state index contributed by atoms with van der Waals surface area (Å²) in [6, 6.07) is 9.24. The summed E-state index contributed by atoms with van der Waals surface area (Å²) in [6.45, 7) is 0. The fourth-order valence-corrected chi connectivity index (χ4v) is 2.69. The Morgan fingerprint density at radius 1 is 1.22 bits per heavy atom. The van der Waals surface area contributed by atoms with E-state index in [-0.39, 0.29) is 10.8 Å². The summed E-state index contributed by atoms with van der Waals surface area (Å²) >= 11 is 0.738. The molecule has 0 fully saturated rings. The van der Waals surface area contributed by atoms with E-state index >= 15 is 0 Å². The fourth-order valence-electron chi connectivity index (χ4n) is 1.93. The third kappa shape index (κ3) is 2.95. The molecular formula is C14H7F3N3O2S-. The number of carboxylic acids is 1. The molecule has 2 heterocycles. The first-order valence-corrected chi connectivity index (χ1v) is 7.14. The second-order valence-electron chi connectivity index (χ2n) is 4.49. The number of rotatable bonds is 3. The van der Waals surface area contributed by atoms with Gasteiger partial charge in [-0.25, -0.2) is 9.67 Å². The van der Waals surface area contributed by atoms with E-state index in [1.54, 1.807) is 30.3 Å². The van der Waals surface area contributed by atoms with Gasteiger partial charge in [-0.15, -0.1) is 11.3 Å². The molecule has 0 radical (unpaired) electrons. The third-order valence-electron chi connectivity index (χ3n) is 2.95. The molecule has 0 aliphatic heterocycles. The minimum Gasteiger partial charge on any atom is -0.543 e. The first-order chi connectivity index (χ1) is 10.9. The van der Waals surface area contributed by atoms with Crippen LogP contribution in [0.15, 0.2) is 41.8 Å². The number of aromatic nitrogens is 3. The summed E-state index contributed by atoms with van der Waals surface area (Å²) in [4.78, 5) is 14.4. The molecular weight excluding hydrogens is 331 g/mol. The first-order valence-electron chi connectivity index (χ1n) is 6.26. The Labute approximate surface area is 131 Å². The Balaban J connectivity index is 2.14. The molecule has 3 rings (SSSR count). The van der Waals surface area contributed by atoms with Gasteiger partial charge in [0.25, 0.3) is 0 Å². The minimum absolute atomic E-state index is 0.114. The van der Waals surface area contributed by atoms with E-state index in [1.165, 1.54) is 0 Å². The highest BCUT2D eigenvalue weighted by molar-refractivity contribution is 7.12. The molecule has 0 bridgehead atoms. The Kier molecular flexibility index (Phi) is 3.64. The van der Waals surface area contributed by atoms with Gasteiger partial charge in [0.1, 0.15) is 0 Å². The standard InChI is InChI=1S/C14H8F3N3O2S/c15-14(16,17)11-6-9(8-4-2-1-3-5-8)19-20(11)13-18-10(7-23-13)12(21)22/h1-7H,(H,21,22)/p-1. The molecule has 0 saturated carbocycles. The van der Waals surface area contributed by atoms with Crippen molar-refractivity contribution in [2.75, 3.05) is 0 Å². The number of hydrogen-bond acceptors (Lipinski definition) is 5. The van der Waals surface area contributed by atoms with Crippen LogP contribution in [0.3, 0.4) is 0 Å². The Morgan fingerprint density at radius 3 is 2.48 bits per heavy atom. The zero-order valence-electron chi connectivity index (χ0n) is 11.2. The maximum absolute atomic E-state index is 13.2. The lowest BCUT2D eigenvalue weighted by Gasteiger charge is -2.07. The zero-order chi connectivity index (χ0) is 16.6. The molecule has 9 heteroatoms. The lowest BCUT2D eigenvalue weighted by molar-refractivity contribution is -0.255. The summed E-state index contributed by atoms with van der Waals surface area (Å²) in [6.07, 6.45) is -4.66. The van der Waals surface area contributed by atoms with Crippen molar-refractivity contribution >= 4 is 17.3 Å². The van der Waals surface area contributed by atoms with E-state index in [1.807, 2.05) is 0 Å². The van der Waals surface area contributed by atoms with E-state index in [0.717, 1.165) is 22.8 Å². The van der Waals surface area contributed by atoms with Gasteiger partial charge in [-0.05, 0) is 6.07 Å². The average molecular weight is 338 g/mol. The van der Waals surface area contributed by atoms with Gasteiger partial charge in [0.05, 0.1) is 17.4 Å². The molecule has 23 heavy (non-hydrogen) atoms. The second kappa shape index (κ2) is 5.51. The maximum Gasteiger partial charge on any atom is 0.433 e. The van der Waals surface area contributed by atoms with Crippen molar-refractivity contribution in [2.45, 2.75) is 6.18 Å². The van der Waals surface area contributed by atoms with Crippen LogP contribution in [0.5, 0.6) is 0 Å². The predicted octanol–water partition coefficient (Wildman–Crippen LogP) is 2.38. The minimum atomic E-state index is -4.66. The molecule has 0 unspecified atom stereocenters. The molecule has 0 amide bonds. The number of aromatic carboxylic acids is 1. The van der Waals surface area contributed by atoms with Crippen LogP contribution in [-0.4, -0.2) is 20.7 Å². The highest BCUT2D eigenvalue weighted by Crippen LogP contribution is 2.34. The molecule has 0 aliphatic rings. The molecule has 0 spiro atoms. The topological polar surface area (TPSA) is 70.8 Å². The van der Waals surface area contributed by atoms with Crippen molar-refractivity contribution < 1.29 is 23.1 Å². The van der Waals surface area contributed by atoms with Crippen LogP contribution < -0.4 is 5.11 Å². The van der Waals surface area contributed by atoms with Gasteiger partial charge in [0.15, 0.2) is 5.69 Å². The predicted molar refractivity (Wildman–Crippen MR) is 74.0 cm³/mol. The normalized spacial score (nSPS) is 11.6. The Morgan fingerprint density at radius 2 is 1.91 bits per heavy atom. The molecule has 2 aromatic heterocycles. The molecule has 0 N–H and O–H groups in total. The van der Waals surface area contributed by atoms with Crippen molar-refractivity contribution in [3.05, 3.63) is 53.2 Å². The highest BCUT2D eigenvalue weighted by Gasteiger charge is 2.37. The summed E-state index contributed by atoms with van der Waals surface area (Å²) in [5.41, 5.74) is -0.845. The molecule has 5 nitrogen and oxygen atoms in total. The van der Waals surface area contributed by atoms with Gasteiger partial charge in [-0.3, -0.25) is 0 Å². The summed E-state index contributed by atoms with van der Waals surface area (Å²) in [7, 11) is 0. The average Bonchev–Trinajstić information content (AvgIpc) is 3.14. The van der Waals surface area contributed by atoms with E-state index in [9.17, 15) is 23.1 Å². The quantitative estimate of drug-likeness (QED) is 0.735. The smallest absolute Gasteiger partial charge is 0.433 e. The molecule has 1 aromatic carbocycles. The van der Waals surface area contributed by atoms with E-state index in [2.05, 4.69) is 10.1 Å². The SMILES string of the molecule is O=C([O-])c1csc(-n2nc(-c3ccccc3)cc2C(F)(F)F)n1. The van der Waals surface area contributed by atoms with Crippen LogP contribution >= 0.6 is 11.3 Å². The van der Waals surface area contributed by atoms with Gasteiger partial charge >= 0.3 is 6.18 Å². The number of carbonyl (C=O) groups excluding carboxylic acids is 1. The molecule has 0 atom stereocenters. The summed E-state index contributed by atoms with van der Waals surface area (Å²) in [5, 5.41) is 15.6.